The number of anilines is 1. The SMILES string of the molecule is COc1cc(C(=O)N2CCCC(CCN3CCC(Nc4nc5ccccc5n4Cc4ccncc4)CC3)(c3ccc(F)c(F)c3)C2)cc(OC)c1OC. The summed E-state index contributed by atoms with van der Waals surface area (Å²) < 4.78 is 47.7. The molecule has 0 saturated carbocycles. The molecule has 1 N–H and O–H groups in total. The largest absolute Gasteiger partial charge is 0.493 e. The Labute approximate surface area is 308 Å². The summed E-state index contributed by atoms with van der Waals surface area (Å²) in [5.74, 6) is 0.108. The van der Waals surface area contributed by atoms with E-state index in [0.717, 1.165) is 67.9 Å². The Morgan fingerprint density at radius 1 is 0.906 bits per heavy atom. The number of methoxy groups -OCH3 is 3. The van der Waals surface area contributed by atoms with Crippen LogP contribution in [-0.4, -0.2) is 90.3 Å². The summed E-state index contributed by atoms with van der Waals surface area (Å²) in [4.78, 5) is 27.5. The number of nitrogens with one attached hydrogen (secondary N) is 1. The van der Waals surface area contributed by atoms with Crippen molar-refractivity contribution >= 4 is 22.9 Å². The number of fused-ring (bicyclic) bond motifs is 1. The molecule has 2 aliphatic rings. The number of rotatable bonds is 12. The molecule has 2 fully saturated rings. The number of amides is 1. The molecular formula is C41H46F2N6O4. The predicted octanol–water partition coefficient (Wildman–Crippen LogP) is 6.92. The number of benzene rings is 3. The number of nitrogens with zero attached hydrogens (tertiary/aromatic N) is 5. The third-order valence-corrected chi connectivity index (χ3v) is 10.9. The van der Waals surface area contributed by atoms with E-state index in [2.05, 4.69) is 25.8 Å². The summed E-state index contributed by atoms with van der Waals surface area (Å²) in [5.41, 5.74) is 3.75. The van der Waals surface area contributed by atoms with Gasteiger partial charge >= 0.3 is 0 Å². The first-order valence-corrected chi connectivity index (χ1v) is 18.2. The Hall–Kier alpha value is -5.23. The van der Waals surface area contributed by atoms with Crippen LogP contribution in [0.2, 0.25) is 0 Å². The lowest BCUT2D eigenvalue weighted by Gasteiger charge is -2.45. The minimum atomic E-state index is -0.881. The monoisotopic (exact) mass is 724 g/mol. The second-order valence-electron chi connectivity index (χ2n) is 14.0. The van der Waals surface area contributed by atoms with E-state index in [4.69, 9.17) is 19.2 Å². The van der Waals surface area contributed by atoms with Crippen molar-refractivity contribution in [3.05, 3.63) is 107 Å². The quantitative estimate of drug-likeness (QED) is 0.148. The molecular weight excluding hydrogens is 678 g/mol. The lowest BCUT2D eigenvalue weighted by Crippen LogP contribution is -2.50. The Kier molecular flexibility index (Phi) is 10.8. The molecule has 0 bridgehead atoms. The zero-order valence-electron chi connectivity index (χ0n) is 30.5. The molecule has 7 rings (SSSR count). The first-order valence-electron chi connectivity index (χ1n) is 18.2. The molecule has 12 heteroatoms. The molecule has 3 aromatic carbocycles. The number of hydrogen-bond acceptors (Lipinski definition) is 8. The summed E-state index contributed by atoms with van der Waals surface area (Å²) in [7, 11) is 4.55. The van der Waals surface area contributed by atoms with Crippen LogP contribution in [-0.2, 0) is 12.0 Å². The maximum Gasteiger partial charge on any atom is 0.254 e. The highest BCUT2D eigenvalue weighted by atomic mass is 19.2. The van der Waals surface area contributed by atoms with E-state index in [-0.39, 0.29) is 11.9 Å². The van der Waals surface area contributed by atoms with Crippen LogP contribution in [0, 0.1) is 11.6 Å². The molecule has 2 saturated heterocycles. The molecule has 1 amide bonds. The van der Waals surface area contributed by atoms with E-state index < -0.39 is 17.0 Å². The van der Waals surface area contributed by atoms with Crippen molar-refractivity contribution in [1.29, 1.82) is 0 Å². The highest BCUT2D eigenvalue weighted by Crippen LogP contribution is 2.41. The zero-order chi connectivity index (χ0) is 37.0. The average molecular weight is 725 g/mol. The second-order valence-corrected chi connectivity index (χ2v) is 14.0. The number of ether oxygens (including phenoxy) is 3. The normalized spacial score (nSPS) is 18.2. The van der Waals surface area contributed by atoms with E-state index >= 15 is 0 Å². The van der Waals surface area contributed by atoms with Crippen LogP contribution >= 0.6 is 0 Å². The second kappa shape index (κ2) is 15.8. The molecule has 0 aliphatic carbocycles. The van der Waals surface area contributed by atoms with Gasteiger partial charge in [-0.25, -0.2) is 13.8 Å². The summed E-state index contributed by atoms with van der Waals surface area (Å²) in [5, 5.41) is 3.75. The minimum Gasteiger partial charge on any atom is -0.493 e. The van der Waals surface area contributed by atoms with Crippen molar-refractivity contribution < 1.29 is 27.8 Å². The Morgan fingerprint density at radius 3 is 2.34 bits per heavy atom. The number of carbonyl (C=O) groups excluding carboxylic acids is 1. The van der Waals surface area contributed by atoms with Crippen LogP contribution in [0.25, 0.3) is 11.0 Å². The van der Waals surface area contributed by atoms with Gasteiger partial charge in [-0.1, -0.05) is 18.2 Å². The van der Waals surface area contributed by atoms with Crippen molar-refractivity contribution in [1.82, 2.24) is 24.3 Å². The van der Waals surface area contributed by atoms with E-state index in [1.54, 1.807) is 18.2 Å². The number of carbonyl (C=O) groups is 1. The smallest absolute Gasteiger partial charge is 0.254 e. The third kappa shape index (κ3) is 7.64. The topological polar surface area (TPSA) is 94.0 Å². The van der Waals surface area contributed by atoms with Gasteiger partial charge in [0.05, 0.1) is 38.9 Å². The number of aromatic nitrogens is 3. The third-order valence-electron chi connectivity index (χ3n) is 10.9. The van der Waals surface area contributed by atoms with Crippen molar-refractivity contribution in [2.75, 3.05) is 59.4 Å². The molecule has 2 aromatic heterocycles. The number of pyridine rings is 1. The van der Waals surface area contributed by atoms with E-state index in [1.165, 1.54) is 33.5 Å². The van der Waals surface area contributed by atoms with E-state index in [9.17, 15) is 13.6 Å². The first kappa shape index (κ1) is 36.1. The van der Waals surface area contributed by atoms with Crippen LogP contribution in [0.4, 0.5) is 14.7 Å². The van der Waals surface area contributed by atoms with Crippen LogP contribution in [0.3, 0.4) is 0 Å². The fourth-order valence-corrected chi connectivity index (χ4v) is 7.97. The van der Waals surface area contributed by atoms with Crippen LogP contribution in [0.15, 0.2) is 79.1 Å². The Balaban J connectivity index is 1.06. The number of hydrogen-bond donors (Lipinski definition) is 1. The number of imidazole rings is 1. The standard InChI is InChI=1S/C41H46F2N6O4/c1-51-36-23-29(24-37(52-2)38(36)53-3)39(50)48-19-6-15-41(27-48,30-9-10-32(42)33(43)25-30)16-22-47-20-13-31(14-21-47)45-40-46-34-7-4-5-8-35(34)49(40)26-28-11-17-44-18-12-28/h4-5,7-12,17-18,23-25,31H,6,13-16,19-22,26-27H2,1-3H3,(H,45,46). The van der Waals surface area contributed by atoms with Crippen molar-refractivity contribution in [3.8, 4) is 17.2 Å². The van der Waals surface area contributed by atoms with Gasteiger partial charge in [0.15, 0.2) is 23.1 Å². The van der Waals surface area contributed by atoms with Gasteiger partial charge in [-0.3, -0.25) is 9.78 Å². The highest BCUT2D eigenvalue weighted by Gasteiger charge is 2.40. The van der Waals surface area contributed by atoms with Gasteiger partial charge in [-0.05, 0) is 98.3 Å². The molecule has 10 nitrogen and oxygen atoms in total. The zero-order valence-corrected chi connectivity index (χ0v) is 30.5. The van der Waals surface area contributed by atoms with E-state index in [1.807, 2.05) is 47.6 Å². The minimum absolute atomic E-state index is 0.183. The van der Waals surface area contributed by atoms with Gasteiger partial charge in [0, 0.05) is 55.6 Å². The van der Waals surface area contributed by atoms with Gasteiger partial charge in [-0.2, -0.15) is 0 Å². The highest BCUT2D eigenvalue weighted by molar-refractivity contribution is 5.96. The summed E-state index contributed by atoms with van der Waals surface area (Å²) >= 11 is 0. The molecule has 1 atom stereocenters. The fourth-order valence-electron chi connectivity index (χ4n) is 7.97. The number of halogens is 2. The lowest BCUT2D eigenvalue weighted by molar-refractivity contribution is 0.0606. The van der Waals surface area contributed by atoms with Crippen molar-refractivity contribution in [2.24, 2.45) is 0 Å². The molecule has 0 radical (unpaired) electrons. The molecule has 4 heterocycles. The Morgan fingerprint density at radius 2 is 1.64 bits per heavy atom. The van der Waals surface area contributed by atoms with Gasteiger partial charge < -0.3 is 33.9 Å². The molecule has 278 valence electrons. The first-order chi connectivity index (χ1) is 25.8. The van der Waals surface area contributed by atoms with Crippen molar-refractivity contribution in [2.45, 2.75) is 50.1 Å². The van der Waals surface area contributed by atoms with Crippen LogP contribution < -0.4 is 19.5 Å². The average Bonchev–Trinajstić information content (AvgIpc) is 3.54. The van der Waals surface area contributed by atoms with Crippen LogP contribution in [0.5, 0.6) is 17.2 Å². The molecule has 2 aliphatic heterocycles. The lowest BCUT2D eigenvalue weighted by atomic mass is 9.71. The molecule has 1 unspecified atom stereocenters. The van der Waals surface area contributed by atoms with Gasteiger partial charge in [0.25, 0.3) is 5.91 Å². The number of likely N-dealkylation sites (tertiary alicyclic amines) is 2. The van der Waals surface area contributed by atoms with Crippen molar-refractivity contribution in [3.63, 3.8) is 0 Å². The molecule has 0 spiro atoms. The fraction of sp³-hybridized carbons (Fsp3) is 0.390. The van der Waals surface area contributed by atoms with Gasteiger partial charge in [-0.15, -0.1) is 0 Å². The summed E-state index contributed by atoms with van der Waals surface area (Å²) in [6, 6.07) is 20.0. The van der Waals surface area contributed by atoms with Gasteiger partial charge in [0.2, 0.25) is 11.7 Å². The maximum atomic E-state index is 14.8. The predicted molar refractivity (Wildman–Crippen MR) is 200 cm³/mol. The number of para-hydroxylation sites is 2. The summed E-state index contributed by atoms with van der Waals surface area (Å²) in [6.45, 7) is 4.13. The molecule has 5 aromatic rings. The van der Waals surface area contributed by atoms with E-state index in [0.29, 0.717) is 54.4 Å². The maximum absolute atomic E-state index is 14.8. The Bertz CT molecular complexity index is 2030. The van der Waals surface area contributed by atoms with Gasteiger partial charge in [0.1, 0.15) is 0 Å². The summed E-state index contributed by atoms with van der Waals surface area (Å²) in [6.07, 6.45) is 7.66. The molecule has 53 heavy (non-hydrogen) atoms. The van der Waals surface area contributed by atoms with Crippen LogP contribution in [0.1, 0.15) is 53.6 Å². The number of piperidine rings is 2.